The summed E-state index contributed by atoms with van der Waals surface area (Å²) >= 11 is 0. The quantitative estimate of drug-likeness (QED) is 0.226. The summed E-state index contributed by atoms with van der Waals surface area (Å²) in [5.41, 5.74) is 6.57. The molecule has 1 N–H and O–H groups in total. The maximum Gasteiger partial charge on any atom is 0.338 e. The van der Waals surface area contributed by atoms with Gasteiger partial charge in [0.1, 0.15) is 19.0 Å². The van der Waals surface area contributed by atoms with Crippen LogP contribution in [-0.2, 0) is 22.5 Å². The molecule has 3 aromatic carbocycles. The Morgan fingerprint density at radius 2 is 1.74 bits per heavy atom. The van der Waals surface area contributed by atoms with Crippen molar-refractivity contribution in [1.82, 2.24) is 4.90 Å². The lowest BCUT2D eigenvalue weighted by Gasteiger charge is -2.23. The summed E-state index contributed by atoms with van der Waals surface area (Å²) in [4.78, 5) is 26.2. The van der Waals surface area contributed by atoms with E-state index in [0.29, 0.717) is 25.3 Å². The number of esters is 1. The van der Waals surface area contributed by atoms with E-state index >= 15 is 0 Å². The van der Waals surface area contributed by atoms with Crippen molar-refractivity contribution >= 4 is 23.4 Å². The Balaban J connectivity index is 1.37. The van der Waals surface area contributed by atoms with E-state index in [1.807, 2.05) is 31.2 Å². The highest BCUT2D eigenvalue weighted by atomic mass is 16.5. The minimum Gasteiger partial charge on any atom is -0.494 e. The first-order chi connectivity index (χ1) is 19.1. The smallest absolute Gasteiger partial charge is 0.338 e. The van der Waals surface area contributed by atoms with E-state index in [9.17, 15) is 9.59 Å². The minimum absolute atomic E-state index is 0.284. The molecule has 0 saturated heterocycles. The maximum atomic E-state index is 12.6. The van der Waals surface area contributed by atoms with Gasteiger partial charge in [-0.1, -0.05) is 60.7 Å². The van der Waals surface area contributed by atoms with E-state index in [4.69, 9.17) is 14.6 Å². The fraction of sp³-hybridized carbons (Fsp3) is 0.273. The number of carbonyl (C=O) groups excluding carboxylic acids is 2. The van der Waals surface area contributed by atoms with Gasteiger partial charge in [0.25, 0.3) is 0 Å². The van der Waals surface area contributed by atoms with Crippen LogP contribution in [0.5, 0.6) is 5.75 Å². The number of carbonyl (C=O) groups is 2. The van der Waals surface area contributed by atoms with Crippen molar-refractivity contribution < 1.29 is 24.2 Å². The van der Waals surface area contributed by atoms with Gasteiger partial charge in [-0.25, -0.2) is 4.79 Å². The SMILES string of the molecule is CCOc1ccc(C(=O)OCCN(CCC2=CCc3ccccc32)Cc2ccc(/C=C/C(=O)CO)cc2)cc1. The zero-order valence-corrected chi connectivity index (χ0v) is 22.3. The molecule has 0 aliphatic heterocycles. The van der Waals surface area contributed by atoms with E-state index in [2.05, 4.69) is 35.2 Å². The van der Waals surface area contributed by atoms with Gasteiger partial charge in [0.05, 0.1) is 12.2 Å². The molecule has 0 aromatic heterocycles. The number of allylic oxidation sites excluding steroid dienone is 1. The minimum atomic E-state index is -0.492. The number of hydrogen-bond acceptors (Lipinski definition) is 6. The van der Waals surface area contributed by atoms with Crippen LogP contribution in [0.4, 0.5) is 0 Å². The molecule has 0 radical (unpaired) electrons. The van der Waals surface area contributed by atoms with Crippen molar-refractivity contribution in [3.63, 3.8) is 0 Å². The average Bonchev–Trinajstić information content (AvgIpc) is 3.38. The first-order valence-corrected chi connectivity index (χ1v) is 13.4. The van der Waals surface area contributed by atoms with Gasteiger partial charge < -0.3 is 14.6 Å². The van der Waals surface area contributed by atoms with Crippen LogP contribution in [-0.4, -0.2) is 54.7 Å². The highest BCUT2D eigenvalue weighted by molar-refractivity contribution is 5.94. The normalized spacial score (nSPS) is 12.4. The third kappa shape index (κ3) is 8.24. The number of benzene rings is 3. The van der Waals surface area contributed by atoms with Gasteiger partial charge >= 0.3 is 5.97 Å². The fourth-order valence-electron chi connectivity index (χ4n) is 4.58. The van der Waals surface area contributed by atoms with Crippen molar-refractivity contribution in [3.05, 3.63) is 113 Å². The molecule has 0 saturated carbocycles. The molecule has 1 aliphatic carbocycles. The lowest BCUT2D eigenvalue weighted by atomic mass is 10.0. The van der Waals surface area contributed by atoms with Crippen LogP contribution >= 0.6 is 0 Å². The Labute approximate surface area is 230 Å². The Bertz CT molecular complexity index is 1310. The van der Waals surface area contributed by atoms with Crippen molar-refractivity contribution in [2.75, 3.05) is 32.9 Å². The molecule has 0 unspecified atom stereocenters. The lowest BCUT2D eigenvalue weighted by molar-refractivity contribution is -0.117. The van der Waals surface area contributed by atoms with E-state index in [-0.39, 0.29) is 18.4 Å². The van der Waals surface area contributed by atoms with Gasteiger partial charge in [0, 0.05) is 19.6 Å². The number of rotatable bonds is 14. The Morgan fingerprint density at radius 3 is 2.49 bits per heavy atom. The van der Waals surface area contributed by atoms with Crippen LogP contribution < -0.4 is 4.74 Å². The molecule has 4 rings (SSSR count). The summed E-state index contributed by atoms with van der Waals surface area (Å²) in [6, 6.07) is 23.5. The zero-order valence-electron chi connectivity index (χ0n) is 22.3. The van der Waals surface area contributed by atoms with E-state index in [1.165, 1.54) is 22.8 Å². The van der Waals surface area contributed by atoms with Crippen LogP contribution in [0.2, 0.25) is 0 Å². The summed E-state index contributed by atoms with van der Waals surface area (Å²) < 4.78 is 11.1. The summed E-state index contributed by atoms with van der Waals surface area (Å²) in [5.74, 6) is 0.0522. The highest BCUT2D eigenvalue weighted by Crippen LogP contribution is 2.29. The molecule has 0 amide bonds. The molecule has 1 aliphatic rings. The number of ketones is 1. The Morgan fingerprint density at radius 1 is 0.974 bits per heavy atom. The van der Waals surface area contributed by atoms with Crippen LogP contribution in [0.1, 0.15) is 46.0 Å². The van der Waals surface area contributed by atoms with Crippen LogP contribution in [0.25, 0.3) is 11.6 Å². The molecule has 0 fully saturated rings. The van der Waals surface area contributed by atoms with E-state index in [0.717, 1.165) is 36.3 Å². The number of nitrogens with zero attached hydrogens (tertiary/aromatic N) is 1. The molecule has 0 spiro atoms. The molecule has 202 valence electrons. The first-order valence-electron chi connectivity index (χ1n) is 13.4. The van der Waals surface area contributed by atoms with Crippen LogP contribution in [0.15, 0.2) is 84.9 Å². The molecule has 6 nitrogen and oxygen atoms in total. The second-order valence-electron chi connectivity index (χ2n) is 9.41. The molecule has 39 heavy (non-hydrogen) atoms. The lowest BCUT2D eigenvalue weighted by Crippen LogP contribution is -2.29. The summed E-state index contributed by atoms with van der Waals surface area (Å²) in [5, 5.41) is 8.89. The molecule has 0 bridgehead atoms. The molecular formula is C33H35NO5. The van der Waals surface area contributed by atoms with E-state index < -0.39 is 6.61 Å². The van der Waals surface area contributed by atoms with E-state index in [1.54, 1.807) is 30.3 Å². The van der Waals surface area contributed by atoms with Gasteiger partial charge in [-0.3, -0.25) is 9.69 Å². The predicted octanol–water partition coefficient (Wildman–Crippen LogP) is 5.35. The van der Waals surface area contributed by atoms with Gasteiger partial charge in [-0.05, 0) is 77.9 Å². The topological polar surface area (TPSA) is 76.1 Å². The van der Waals surface area contributed by atoms with Crippen molar-refractivity contribution in [2.45, 2.75) is 26.3 Å². The maximum absolute atomic E-state index is 12.6. The monoisotopic (exact) mass is 525 g/mol. The first kappa shape index (κ1) is 28.0. The Kier molecular flexibility index (Phi) is 10.2. The van der Waals surface area contributed by atoms with Crippen LogP contribution in [0, 0.1) is 0 Å². The number of ether oxygens (including phenoxy) is 2. The van der Waals surface area contributed by atoms with Gasteiger partial charge in [-0.2, -0.15) is 0 Å². The molecular weight excluding hydrogens is 490 g/mol. The van der Waals surface area contributed by atoms with Gasteiger partial charge in [-0.15, -0.1) is 0 Å². The molecule has 6 heteroatoms. The number of aliphatic hydroxyl groups excluding tert-OH is 1. The number of fused-ring (bicyclic) bond motifs is 1. The number of aliphatic hydroxyl groups is 1. The highest BCUT2D eigenvalue weighted by Gasteiger charge is 2.16. The Hall–Kier alpha value is -4.00. The second kappa shape index (κ2) is 14.2. The predicted molar refractivity (Wildman–Crippen MR) is 153 cm³/mol. The summed E-state index contributed by atoms with van der Waals surface area (Å²) in [7, 11) is 0. The van der Waals surface area contributed by atoms with Crippen LogP contribution in [0.3, 0.4) is 0 Å². The van der Waals surface area contributed by atoms with Crippen molar-refractivity contribution in [2.24, 2.45) is 0 Å². The molecule has 0 heterocycles. The van der Waals surface area contributed by atoms with Gasteiger partial charge in [0.15, 0.2) is 5.78 Å². The zero-order chi connectivity index (χ0) is 27.5. The third-order valence-corrected chi connectivity index (χ3v) is 6.67. The third-order valence-electron chi connectivity index (χ3n) is 6.67. The largest absolute Gasteiger partial charge is 0.494 e. The molecule has 0 atom stereocenters. The average molecular weight is 526 g/mol. The van der Waals surface area contributed by atoms with Gasteiger partial charge in [0.2, 0.25) is 0 Å². The fourth-order valence-corrected chi connectivity index (χ4v) is 4.58. The standard InChI is InChI=1S/C33H35NO5/c1-2-38-31-17-14-29(15-18-31)33(37)39-22-21-34(20-19-28-13-12-27-5-3-4-6-32(27)28)23-26-9-7-25(8-10-26)11-16-30(36)24-35/h3-11,13-18,35H,2,12,19-24H2,1H3/b16-11+. The number of hydrogen-bond donors (Lipinski definition) is 1. The van der Waals surface area contributed by atoms with Crippen molar-refractivity contribution in [1.29, 1.82) is 0 Å². The summed E-state index contributed by atoms with van der Waals surface area (Å²) in [6.07, 6.45) is 7.27. The summed E-state index contributed by atoms with van der Waals surface area (Å²) in [6.45, 7) is 4.42. The molecule has 3 aromatic rings. The second-order valence-corrected chi connectivity index (χ2v) is 9.41. The van der Waals surface area contributed by atoms with Crippen molar-refractivity contribution in [3.8, 4) is 5.75 Å².